The van der Waals surface area contributed by atoms with Gasteiger partial charge in [-0.25, -0.2) is 4.98 Å². The molecule has 1 saturated carbocycles. The maximum absolute atomic E-state index is 13.5. The molecule has 1 aliphatic carbocycles. The van der Waals surface area contributed by atoms with E-state index < -0.39 is 0 Å². The first-order chi connectivity index (χ1) is 21.6. The number of benzene rings is 2. The number of aromatic nitrogens is 2. The monoisotopic (exact) mass is 653 g/mol. The molecule has 0 unspecified atom stereocenters. The quantitative estimate of drug-likeness (QED) is 0.166. The molecule has 0 radical (unpaired) electrons. The highest BCUT2D eigenvalue weighted by Crippen LogP contribution is 2.40. The summed E-state index contributed by atoms with van der Waals surface area (Å²) >= 11 is 12.9. The number of rotatable bonds is 15. The molecule has 5 nitrogen and oxygen atoms in total. The number of ether oxygens (including phenoxy) is 1. The molecule has 3 aromatic rings. The van der Waals surface area contributed by atoms with Crippen molar-refractivity contribution in [3.8, 4) is 17.0 Å². The number of carbonyl (C=O) groups excluding carboxylic acids is 1. The van der Waals surface area contributed by atoms with E-state index in [1.165, 1.54) is 5.56 Å². The molecular weight excluding hydrogens is 601 g/mol. The van der Waals surface area contributed by atoms with Crippen LogP contribution in [0.5, 0.6) is 5.75 Å². The van der Waals surface area contributed by atoms with Gasteiger partial charge in [0.1, 0.15) is 11.6 Å². The van der Waals surface area contributed by atoms with Gasteiger partial charge < -0.3 is 14.6 Å². The van der Waals surface area contributed by atoms with Crippen molar-refractivity contribution >= 4 is 29.1 Å². The molecule has 4 rings (SSSR count). The maximum atomic E-state index is 13.5. The van der Waals surface area contributed by atoms with Crippen LogP contribution in [0.25, 0.3) is 11.3 Å². The lowest BCUT2D eigenvalue weighted by molar-refractivity contribution is -0.126. The second kappa shape index (κ2) is 16.9. The lowest BCUT2D eigenvalue weighted by Gasteiger charge is -2.36. The van der Waals surface area contributed by atoms with Crippen LogP contribution in [0.3, 0.4) is 0 Å². The molecule has 1 fully saturated rings. The number of nitrogens with one attached hydrogen (secondary N) is 1. The first-order valence-electron chi connectivity index (χ1n) is 17.1. The van der Waals surface area contributed by atoms with Gasteiger partial charge in [0.05, 0.1) is 17.3 Å². The van der Waals surface area contributed by atoms with Crippen molar-refractivity contribution < 1.29 is 9.53 Å². The topological polar surface area (TPSA) is 56.2 Å². The lowest BCUT2D eigenvalue weighted by atomic mass is 9.69. The van der Waals surface area contributed by atoms with Crippen molar-refractivity contribution in [2.75, 3.05) is 13.2 Å². The second-order valence-corrected chi connectivity index (χ2v) is 14.8. The minimum Gasteiger partial charge on any atom is -0.494 e. The fraction of sp³-hybridized carbons (Fsp3) is 0.579. The van der Waals surface area contributed by atoms with Crippen LogP contribution in [0.1, 0.15) is 110 Å². The highest BCUT2D eigenvalue weighted by atomic mass is 35.5. The number of amides is 1. The van der Waals surface area contributed by atoms with Crippen molar-refractivity contribution in [2.45, 2.75) is 111 Å². The van der Waals surface area contributed by atoms with Crippen molar-refractivity contribution in [3.63, 3.8) is 0 Å². The summed E-state index contributed by atoms with van der Waals surface area (Å²) in [5, 5.41) is 4.56. The van der Waals surface area contributed by atoms with Gasteiger partial charge in [-0.2, -0.15) is 0 Å². The summed E-state index contributed by atoms with van der Waals surface area (Å²) in [6.07, 6.45) is 12.5. The molecule has 7 heteroatoms. The highest BCUT2D eigenvalue weighted by Gasteiger charge is 2.33. The zero-order valence-corrected chi connectivity index (χ0v) is 29.5. The third-order valence-corrected chi connectivity index (χ3v) is 9.95. The first-order valence-corrected chi connectivity index (χ1v) is 17.9. The second-order valence-electron chi connectivity index (χ2n) is 13.9. The number of halogens is 2. The van der Waals surface area contributed by atoms with Crippen molar-refractivity contribution in [2.24, 2.45) is 17.3 Å². The lowest BCUT2D eigenvalue weighted by Crippen LogP contribution is -2.38. The molecule has 1 aliphatic rings. The molecule has 1 atom stereocenters. The standard InChI is InChI=1S/C38H53Cl2N3O2/c1-6-8-10-21-43-26-35(33-20-17-31(39)24-34(33)40)42-36(43)29(23-27-11-18-32(19-12-27)45-22-9-7-2)25-41-37(44)28-13-15-30(16-14-28)38(3,4)5/h11-12,17-20,24,26,28-30H,6-10,13-16,21-23,25H2,1-5H3,(H,41,44)/t28?,29-,30?/m1/s1. The molecule has 1 heterocycles. The van der Waals surface area contributed by atoms with E-state index in [4.69, 9.17) is 32.9 Å². The summed E-state index contributed by atoms with van der Waals surface area (Å²) in [6, 6.07) is 14.0. The van der Waals surface area contributed by atoms with E-state index in [0.29, 0.717) is 27.9 Å². The van der Waals surface area contributed by atoms with Crippen LogP contribution < -0.4 is 10.1 Å². The van der Waals surface area contributed by atoms with E-state index in [2.05, 4.69) is 75.0 Å². The van der Waals surface area contributed by atoms with Gasteiger partial charge in [0.15, 0.2) is 0 Å². The Morgan fingerprint density at radius 2 is 1.71 bits per heavy atom. The highest BCUT2D eigenvalue weighted by molar-refractivity contribution is 6.36. The third kappa shape index (κ3) is 10.2. The summed E-state index contributed by atoms with van der Waals surface area (Å²) < 4.78 is 8.20. The number of hydrogen-bond donors (Lipinski definition) is 1. The van der Waals surface area contributed by atoms with Crippen LogP contribution in [0.2, 0.25) is 10.0 Å². The van der Waals surface area contributed by atoms with Gasteiger partial charge in [0, 0.05) is 41.7 Å². The van der Waals surface area contributed by atoms with Crippen molar-refractivity contribution in [1.29, 1.82) is 0 Å². The summed E-state index contributed by atoms with van der Waals surface area (Å²) in [6.45, 7) is 13.5. The van der Waals surface area contributed by atoms with Gasteiger partial charge in [-0.05, 0) is 92.2 Å². The smallest absolute Gasteiger partial charge is 0.223 e. The Labute approximate surface area is 281 Å². The first kappa shape index (κ1) is 35.4. The van der Waals surface area contributed by atoms with Crippen LogP contribution in [-0.2, 0) is 17.8 Å². The molecule has 246 valence electrons. The molecule has 1 amide bonds. The molecule has 0 bridgehead atoms. The molecule has 0 spiro atoms. The normalized spacial score (nSPS) is 17.7. The Morgan fingerprint density at radius 3 is 2.36 bits per heavy atom. The summed E-state index contributed by atoms with van der Waals surface area (Å²) in [7, 11) is 0. The number of nitrogens with zero attached hydrogens (tertiary/aromatic N) is 2. The molecular formula is C38H53Cl2N3O2. The predicted molar refractivity (Wildman–Crippen MR) is 188 cm³/mol. The van der Waals surface area contributed by atoms with E-state index in [-0.39, 0.29) is 17.7 Å². The average Bonchev–Trinajstić information content (AvgIpc) is 3.43. The minimum atomic E-state index is -0.00632. The Balaban J connectivity index is 1.58. The predicted octanol–water partition coefficient (Wildman–Crippen LogP) is 10.5. The Kier molecular flexibility index (Phi) is 13.3. The Hall–Kier alpha value is -2.50. The van der Waals surface area contributed by atoms with Gasteiger partial charge in [-0.1, -0.05) is 89.2 Å². The van der Waals surface area contributed by atoms with Gasteiger partial charge in [0.25, 0.3) is 0 Å². The fourth-order valence-electron chi connectivity index (χ4n) is 6.48. The van der Waals surface area contributed by atoms with Gasteiger partial charge in [-0.15, -0.1) is 0 Å². The number of aryl methyl sites for hydroxylation is 1. The van der Waals surface area contributed by atoms with E-state index in [9.17, 15) is 4.79 Å². The molecule has 1 N–H and O–H groups in total. The van der Waals surface area contributed by atoms with Crippen LogP contribution in [-0.4, -0.2) is 28.6 Å². The van der Waals surface area contributed by atoms with Crippen LogP contribution in [0, 0.1) is 17.3 Å². The van der Waals surface area contributed by atoms with Crippen molar-refractivity contribution in [1.82, 2.24) is 14.9 Å². The van der Waals surface area contributed by atoms with E-state index in [1.807, 2.05) is 12.1 Å². The van der Waals surface area contributed by atoms with Crippen LogP contribution in [0.4, 0.5) is 0 Å². The zero-order valence-electron chi connectivity index (χ0n) is 28.0. The van der Waals surface area contributed by atoms with E-state index in [0.717, 1.165) is 100 Å². The zero-order chi connectivity index (χ0) is 32.4. The van der Waals surface area contributed by atoms with Gasteiger partial charge in [-0.3, -0.25) is 4.79 Å². The van der Waals surface area contributed by atoms with Crippen molar-refractivity contribution in [3.05, 3.63) is 70.1 Å². The third-order valence-electron chi connectivity index (χ3n) is 9.40. The van der Waals surface area contributed by atoms with E-state index in [1.54, 1.807) is 6.07 Å². The summed E-state index contributed by atoms with van der Waals surface area (Å²) in [4.78, 5) is 18.7. The minimum absolute atomic E-state index is 0.00632. The molecule has 1 aromatic heterocycles. The van der Waals surface area contributed by atoms with E-state index >= 15 is 0 Å². The Bertz CT molecular complexity index is 1350. The molecule has 0 aliphatic heterocycles. The number of carbonyl (C=O) groups is 1. The van der Waals surface area contributed by atoms with Crippen LogP contribution in [0.15, 0.2) is 48.7 Å². The summed E-state index contributed by atoms with van der Waals surface area (Å²) in [5.41, 5.74) is 3.18. The fourth-order valence-corrected chi connectivity index (χ4v) is 6.98. The van der Waals surface area contributed by atoms with Gasteiger partial charge in [0.2, 0.25) is 5.91 Å². The average molecular weight is 655 g/mol. The number of imidazole rings is 1. The molecule has 0 saturated heterocycles. The largest absolute Gasteiger partial charge is 0.494 e. The number of hydrogen-bond acceptors (Lipinski definition) is 3. The number of unbranched alkanes of at least 4 members (excludes halogenated alkanes) is 3. The van der Waals surface area contributed by atoms with Crippen LogP contribution >= 0.6 is 23.2 Å². The molecule has 45 heavy (non-hydrogen) atoms. The Morgan fingerprint density at radius 1 is 1.00 bits per heavy atom. The summed E-state index contributed by atoms with van der Waals surface area (Å²) in [5.74, 6) is 2.80. The SMILES string of the molecule is CCCCCn1cc(-c2ccc(Cl)cc2Cl)nc1[C@@H](CNC(=O)C1CCC(C(C)(C)C)CC1)Cc1ccc(OCCCC)cc1. The van der Waals surface area contributed by atoms with Gasteiger partial charge >= 0.3 is 0 Å². The molecule has 2 aromatic carbocycles. The maximum Gasteiger partial charge on any atom is 0.223 e.